The lowest BCUT2D eigenvalue weighted by Crippen LogP contribution is -2.26. The van der Waals surface area contributed by atoms with Crippen molar-refractivity contribution in [2.75, 3.05) is 0 Å². The molecule has 5 rings (SSSR count). The van der Waals surface area contributed by atoms with Gasteiger partial charge in [0.05, 0.1) is 5.52 Å². The molecule has 0 fully saturated rings. The number of hydrogen-bond donors (Lipinski definition) is 1. The minimum Gasteiger partial charge on any atom is -0.280 e. The summed E-state index contributed by atoms with van der Waals surface area (Å²) < 4.78 is 2.21. The molecular weight excluding hydrogens is 272 g/mol. The summed E-state index contributed by atoms with van der Waals surface area (Å²) in [6.07, 6.45) is 1.85. The van der Waals surface area contributed by atoms with Gasteiger partial charge in [-0.25, -0.2) is 4.98 Å². The first-order valence-electron chi connectivity index (χ1n) is 7.55. The second kappa shape index (κ2) is 3.58. The van der Waals surface area contributed by atoms with E-state index >= 15 is 0 Å². The minimum atomic E-state index is -0.0731. The van der Waals surface area contributed by atoms with Crippen LogP contribution >= 0.6 is 0 Å². The number of hydrogen-bond acceptors (Lipinski definition) is 2. The van der Waals surface area contributed by atoms with Gasteiger partial charge in [-0.3, -0.25) is 9.67 Å². The molecule has 0 aliphatic carbocycles. The lowest BCUT2D eigenvalue weighted by molar-refractivity contribution is 0.625. The van der Waals surface area contributed by atoms with Crippen LogP contribution in [-0.2, 0) is 5.41 Å². The quantitative estimate of drug-likeness (QED) is 0.534. The first-order valence-corrected chi connectivity index (χ1v) is 7.55. The van der Waals surface area contributed by atoms with Gasteiger partial charge in [0, 0.05) is 33.6 Å². The van der Waals surface area contributed by atoms with Crippen LogP contribution in [0, 0.1) is 6.92 Å². The van der Waals surface area contributed by atoms with Gasteiger partial charge in [-0.05, 0) is 24.6 Å². The van der Waals surface area contributed by atoms with Crippen molar-refractivity contribution < 1.29 is 0 Å². The molecule has 0 bridgehead atoms. The fourth-order valence-corrected chi connectivity index (χ4v) is 4.06. The van der Waals surface area contributed by atoms with Crippen LogP contribution in [0.5, 0.6) is 0 Å². The summed E-state index contributed by atoms with van der Waals surface area (Å²) in [7, 11) is 0. The molecule has 0 unspecified atom stereocenters. The number of para-hydroxylation sites is 1. The second-order valence-electron chi connectivity index (χ2n) is 6.58. The first-order chi connectivity index (χ1) is 10.6. The smallest absolute Gasteiger partial charge is 0.164 e. The molecule has 22 heavy (non-hydrogen) atoms. The Bertz CT molecular complexity index is 1070. The fraction of sp³-hybridized carbons (Fsp3) is 0.222. The molecule has 0 radical (unpaired) electrons. The summed E-state index contributed by atoms with van der Waals surface area (Å²) in [6.45, 7) is 6.65. The number of pyridine rings is 1. The van der Waals surface area contributed by atoms with Gasteiger partial charge in [0.2, 0.25) is 0 Å². The average molecular weight is 288 g/mol. The minimum absolute atomic E-state index is 0.0731. The Morgan fingerprint density at radius 1 is 1.09 bits per heavy atom. The van der Waals surface area contributed by atoms with Crippen molar-refractivity contribution in [3.63, 3.8) is 0 Å². The zero-order valence-corrected chi connectivity index (χ0v) is 12.8. The monoisotopic (exact) mass is 288 g/mol. The molecule has 4 heterocycles. The van der Waals surface area contributed by atoms with E-state index in [-0.39, 0.29) is 5.41 Å². The molecule has 1 aliphatic heterocycles. The van der Waals surface area contributed by atoms with E-state index in [1.54, 1.807) is 0 Å². The van der Waals surface area contributed by atoms with Crippen molar-refractivity contribution in [2.45, 2.75) is 26.2 Å². The number of rotatable bonds is 0. The molecule has 4 nitrogen and oxygen atoms in total. The zero-order valence-electron chi connectivity index (χ0n) is 12.8. The van der Waals surface area contributed by atoms with E-state index in [1.807, 2.05) is 12.3 Å². The number of H-pyrrole nitrogens is 1. The Balaban J connectivity index is 2.15. The first kappa shape index (κ1) is 12.0. The van der Waals surface area contributed by atoms with E-state index < -0.39 is 0 Å². The summed E-state index contributed by atoms with van der Waals surface area (Å²) in [4.78, 5) is 4.63. The van der Waals surface area contributed by atoms with Crippen LogP contribution in [0.3, 0.4) is 0 Å². The topological polar surface area (TPSA) is 46.5 Å². The van der Waals surface area contributed by atoms with Crippen molar-refractivity contribution >= 4 is 21.9 Å². The van der Waals surface area contributed by atoms with Crippen LogP contribution in [-0.4, -0.2) is 19.7 Å². The SMILES string of the molecule is Cc1[nH]nc2c1C(C)(C)c1cccc3c4cccnc4n-2c13. The van der Waals surface area contributed by atoms with Crippen LogP contribution in [0.15, 0.2) is 36.5 Å². The Kier molecular flexibility index (Phi) is 1.95. The van der Waals surface area contributed by atoms with Gasteiger partial charge >= 0.3 is 0 Å². The van der Waals surface area contributed by atoms with E-state index in [0.29, 0.717) is 0 Å². The highest BCUT2D eigenvalue weighted by Crippen LogP contribution is 2.47. The van der Waals surface area contributed by atoms with Gasteiger partial charge in [-0.1, -0.05) is 32.0 Å². The lowest BCUT2D eigenvalue weighted by Gasteiger charge is -2.31. The average Bonchev–Trinajstić information content (AvgIpc) is 3.05. The van der Waals surface area contributed by atoms with Crippen LogP contribution < -0.4 is 0 Å². The van der Waals surface area contributed by atoms with Crippen molar-refractivity contribution in [3.8, 4) is 5.82 Å². The molecule has 108 valence electrons. The fourth-order valence-electron chi connectivity index (χ4n) is 4.06. The third-order valence-electron chi connectivity index (χ3n) is 4.99. The van der Waals surface area contributed by atoms with Crippen molar-refractivity contribution in [1.29, 1.82) is 0 Å². The number of nitrogens with one attached hydrogen (secondary N) is 1. The molecule has 0 spiro atoms. The third kappa shape index (κ3) is 1.16. The normalized spacial score (nSPS) is 15.4. The highest BCUT2D eigenvalue weighted by Gasteiger charge is 2.38. The lowest BCUT2D eigenvalue weighted by atomic mass is 9.75. The molecule has 0 amide bonds. The van der Waals surface area contributed by atoms with Gasteiger partial charge < -0.3 is 0 Å². The van der Waals surface area contributed by atoms with E-state index in [4.69, 9.17) is 0 Å². The van der Waals surface area contributed by atoms with E-state index in [2.05, 4.69) is 64.8 Å². The highest BCUT2D eigenvalue weighted by molar-refractivity contribution is 6.10. The van der Waals surface area contributed by atoms with Crippen molar-refractivity contribution in [3.05, 3.63) is 53.3 Å². The van der Waals surface area contributed by atoms with Crippen LogP contribution in [0.1, 0.15) is 30.7 Å². The Morgan fingerprint density at radius 3 is 2.77 bits per heavy atom. The molecule has 0 saturated carbocycles. The number of fused-ring (bicyclic) bond motifs is 5. The van der Waals surface area contributed by atoms with Crippen molar-refractivity contribution in [1.82, 2.24) is 19.7 Å². The van der Waals surface area contributed by atoms with Crippen LogP contribution in [0.2, 0.25) is 0 Å². The summed E-state index contributed by atoms with van der Waals surface area (Å²) in [6, 6.07) is 10.7. The molecule has 4 heteroatoms. The van der Waals surface area contributed by atoms with Gasteiger partial charge in [0.25, 0.3) is 0 Å². The van der Waals surface area contributed by atoms with Crippen molar-refractivity contribution in [2.24, 2.45) is 0 Å². The molecule has 0 saturated heterocycles. The van der Waals surface area contributed by atoms with Gasteiger partial charge in [0.1, 0.15) is 5.65 Å². The predicted molar refractivity (Wildman–Crippen MR) is 87.6 cm³/mol. The summed E-state index contributed by atoms with van der Waals surface area (Å²) >= 11 is 0. The highest BCUT2D eigenvalue weighted by atomic mass is 15.2. The maximum absolute atomic E-state index is 4.63. The largest absolute Gasteiger partial charge is 0.280 e. The number of aromatic amines is 1. The number of aryl methyl sites for hydroxylation is 1. The van der Waals surface area contributed by atoms with E-state index in [0.717, 1.165) is 17.2 Å². The van der Waals surface area contributed by atoms with Gasteiger partial charge in [-0.15, -0.1) is 0 Å². The number of nitrogens with zero attached hydrogens (tertiary/aromatic N) is 3. The predicted octanol–water partition coefficient (Wildman–Crippen LogP) is 3.85. The Hall–Kier alpha value is -2.62. The van der Waals surface area contributed by atoms with E-state index in [1.165, 1.54) is 27.4 Å². The maximum atomic E-state index is 4.63. The number of aromatic nitrogens is 4. The summed E-state index contributed by atoms with van der Waals surface area (Å²) in [5.74, 6) is 0.986. The molecule has 3 aromatic heterocycles. The Morgan fingerprint density at radius 2 is 1.91 bits per heavy atom. The third-order valence-corrected chi connectivity index (χ3v) is 4.99. The zero-order chi connectivity index (χ0) is 15.1. The van der Waals surface area contributed by atoms with Gasteiger partial charge in [-0.2, -0.15) is 5.10 Å². The number of benzene rings is 1. The molecule has 0 atom stereocenters. The van der Waals surface area contributed by atoms with Crippen LogP contribution in [0.4, 0.5) is 0 Å². The summed E-state index contributed by atoms with van der Waals surface area (Å²) in [5, 5.41) is 10.2. The molecule has 1 aromatic carbocycles. The standard InChI is InChI=1S/C18H16N4/c1-10-14-17(21-20-10)22-15-11(12-7-5-9-19-16(12)22)6-4-8-13(15)18(14,2)3/h4-9H,1-3H3,(H,20,21). The second-order valence-corrected chi connectivity index (χ2v) is 6.58. The van der Waals surface area contributed by atoms with Gasteiger partial charge in [0.15, 0.2) is 5.82 Å². The molecule has 4 aromatic rings. The maximum Gasteiger partial charge on any atom is 0.164 e. The van der Waals surface area contributed by atoms with Crippen LogP contribution in [0.25, 0.3) is 27.8 Å². The molecule has 1 N–H and O–H groups in total. The molecular formula is C18H16N4. The molecule has 1 aliphatic rings. The van der Waals surface area contributed by atoms with E-state index in [9.17, 15) is 0 Å². The Labute approximate surface area is 127 Å². The summed E-state index contributed by atoms with van der Waals surface area (Å²) in [5.41, 5.74) is 5.86.